The highest BCUT2D eigenvalue weighted by molar-refractivity contribution is 6.20. The van der Waals surface area contributed by atoms with E-state index in [-0.39, 0.29) is 81.2 Å². The van der Waals surface area contributed by atoms with Gasteiger partial charge in [-0.2, -0.15) is 0 Å². The first kappa shape index (κ1) is 105. The Morgan fingerprint density at radius 2 is 0.421 bits per heavy atom. The quantitative estimate of drug-likeness (QED) is 0.0136. The van der Waals surface area contributed by atoms with E-state index in [0.717, 1.165) is 276 Å². The molecule has 0 atom stereocenters. The van der Waals surface area contributed by atoms with Gasteiger partial charge in [0.05, 0.1) is 95.7 Å². The first-order chi connectivity index (χ1) is 58.9. The summed E-state index contributed by atoms with van der Waals surface area (Å²) in [4.78, 5) is 128. The fraction of sp³-hybridized carbons (Fsp3) is 0.680. The number of methoxy groups -OCH3 is 4. The van der Waals surface area contributed by atoms with Crippen LogP contribution in [0.4, 0.5) is 45.5 Å². The third-order valence-electron chi connectivity index (χ3n) is 23.2. The van der Waals surface area contributed by atoms with E-state index >= 15 is 19.2 Å². The second-order valence-corrected chi connectivity index (χ2v) is 33.2. The van der Waals surface area contributed by atoms with Crippen molar-refractivity contribution < 1.29 is 57.3 Å². The molecule has 0 radical (unpaired) electrons. The van der Waals surface area contributed by atoms with Crippen LogP contribution in [0.1, 0.15) is 446 Å². The van der Waals surface area contributed by atoms with Crippen molar-refractivity contribution in [2.45, 2.75) is 364 Å². The maximum atomic E-state index is 17.4. The van der Waals surface area contributed by atoms with Crippen molar-refractivity contribution in [2.75, 3.05) is 122 Å². The maximum absolute atomic E-state index is 17.4. The molecule has 0 aromatic heterocycles. The van der Waals surface area contributed by atoms with Gasteiger partial charge in [0.2, 0.25) is 0 Å². The number of esters is 4. The number of nitrogens with two attached hydrogens (primary N) is 1. The molecule has 0 saturated heterocycles. The topological polar surface area (TPSA) is 269 Å². The van der Waals surface area contributed by atoms with E-state index in [2.05, 4.69) is 82.0 Å². The Bertz CT molecular complexity index is 3660. The highest BCUT2D eigenvalue weighted by Gasteiger charge is 2.36. The van der Waals surface area contributed by atoms with Crippen LogP contribution in [0.3, 0.4) is 0 Å². The van der Waals surface area contributed by atoms with Crippen LogP contribution in [-0.2, 0) is 18.9 Å². The van der Waals surface area contributed by atoms with Gasteiger partial charge < -0.3 is 66.0 Å². The molecule has 0 spiro atoms. The Morgan fingerprint density at radius 3 is 0.669 bits per heavy atom. The lowest BCUT2D eigenvalue weighted by Crippen LogP contribution is -2.37. The lowest BCUT2D eigenvalue weighted by molar-refractivity contribution is 0.0582. The van der Waals surface area contributed by atoms with Crippen molar-refractivity contribution in [3.63, 3.8) is 0 Å². The van der Waals surface area contributed by atoms with Crippen LogP contribution in [0, 0.1) is 0 Å². The molecule has 7 N–H and O–H groups in total. The molecule has 4 amide bonds. The Labute approximate surface area is 730 Å². The first-order valence-electron chi connectivity index (χ1n) is 48.0. The summed E-state index contributed by atoms with van der Waals surface area (Å²) in [5.41, 5.74) is 9.14. The molecule has 0 aliphatic heterocycles. The molecule has 680 valence electrons. The molecule has 4 aromatic carbocycles. The highest BCUT2D eigenvalue weighted by atomic mass is 16.5. The number of ether oxygens (including phenoxy) is 4. The summed E-state index contributed by atoms with van der Waals surface area (Å²) in [6.45, 7) is 20.2. The number of nitrogens with zero attached hydrogens (tertiary/aromatic N) is 3. The van der Waals surface area contributed by atoms with E-state index in [9.17, 15) is 19.2 Å². The number of carbonyl (C=O) groups is 8. The average molecular weight is 1680 g/mol. The molecular weight excluding hydrogens is 1520 g/mol. The van der Waals surface area contributed by atoms with Gasteiger partial charge in [-0.3, -0.25) is 19.2 Å². The van der Waals surface area contributed by atoms with E-state index in [1.165, 1.54) is 51.9 Å². The summed E-state index contributed by atoms with van der Waals surface area (Å²) < 4.78 is 22.2. The molecule has 4 rings (SSSR count). The molecule has 4 aromatic rings. The minimum absolute atomic E-state index is 0.0278. The van der Waals surface area contributed by atoms with Crippen LogP contribution in [0.2, 0.25) is 0 Å². The van der Waals surface area contributed by atoms with Crippen molar-refractivity contribution >= 4 is 93.0 Å². The van der Waals surface area contributed by atoms with Crippen molar-refractivity contribution in [1.82, 2.24) is 0 Å². The summed E-state index contributed by atoms with van der Waals surface area (Å²) in [5.74, 6) is -5.58. The minimum atomic E-state index is -0.866. The zero-order valence-corrected chi connectivity index (χ0v) is 77.5. The van der Waals surface area contributed by atoms with Crippen molar-refractivity contribution in [1.29, 1.82) is 0 Å². The van der Waals surface area contributed by atoms with Crippen LogP contribution >= 0.6 is 0 Å². The van der Waals surface area contributed by atoms with Crippen LogP contribution in [0.15, 0.2) is 48.5 Å². The van der Waals surface area contributed by atoms with Crippen LogP contribution in [0.25, 0.3) is 0 Å². The number of rotatable bonds is 72. The molecule has 0 heterocycles. The van der Waals surface area contributed by atoms with Crippen molar-refractivity contribution in [2.24, 2.45) is 5.73 Å². The number of amides is 4. The summed E-state index contributed by atoms with van der Waals surface area (Å²) in [7, 11) is 5.05. The smallest absolute Gasteiger partial charge is 0.340 e. The molecule has 0 saturated carbocycles. The molecular formula is C100H163N9O12. The van der Waals surface area contributed by atoms with E-state index in [0.29, 0.717) is 86.8 Å². The zero-order valence-electron chi connectivity index (χ0n) is 77.5. The highest BCUT2D eigenvalue weighted by Crippen LogP contribution is 2.40. The van der Waals surface area contributed by atoms with Crippen molar-refractivity contribution in [3.8, 4) is 0 Å². The molecule has 21 nitrogen and oxygen atoms in total. The molecule has 0 bridgehead atoms. The van der Waals surface area contributed by atoms with E-state index < -0.39 is 47.5 Å². The zero-order chi connectivity index (χ0) is 88.2. The lowest BCUT2D eigenvalue weighted by atomic mass is 9.98. The predicted molar refractivity (Wildman–Crippen MR) is 504 cm³/mol. The number of benzene rings is 4. The van der Waals surface area contributed by atoms with Crippen LogP contribution in [-0.4, -0.2) is 128 Å². The molecule has 0 fully saturated rings. The van der Waals surface area contributed by atoms with Gasteiger partial charge in [0.15, 0.2) is 0 Å². The maximum Gasteiger partial charge on any atom is 0.340 e. The Morgan fingerprint density at radius 1 is 0.231 bits per heavy atom. The number of nitrogens with one attached hydrogen (secondary N) is 5. The number of hydrogen-bond acceptors (Lipinski definition) is 17. The fourth-order valence-corrected chi connectivity index (χ4v) is 15.8. The minimum Gasteiger partial charge on any atom is -0.465 e. The van der Waals surface area contributed by atoms with Gasteiger partial charge in [0.25, 0.3) is 23.6 Å². The van der Waals surface area contributed by atoms with Crippen LogP contribution in [0.5, 0.6) is 0 Å². The Kier molecular flexibility index (Phi) is 55.9. The van der Waals surface area contributed by atoms with Crippen molar-refractivity contribution in [3.05, 3.63) is 93.0 Å². The van der Waals surface area contributed by atoms with Gasteiger partial charge in [-0.1, -0.05) is 312 Å². The number of unbranched alkanes of at least 4 members (excludes halogenated alkanes) is 40. The second-order valence-electron chi connectivity index (χ2n) is 33.2. The van der Waals surface area contributed by atoms with Gasteiger partial charge in [0.1, 0.15) is 0 Å². The van der Waals surface area contributed by atoms with Gasteiger partial charge >= 0.3 is 23.9 Å². The number of carbonyl (C=O) groups excluding carboxylic acids is 8. The molecule has 0 aliphatic carbocycles. The van der Waals surface area contributed by atoms with Gasteiger partial charge in [-0.25, -0.2) is 19.2 Å². The van der Waals surface area contributed by atoms with Crippen LogP contribution < -0.4 is 47.0 Å². The third-order valence-corrected chi connectivity index (χ3v) is 23.2. The predicted octanol–water partition coefficient (Wildman–Crippen LogP) is 25.8. The third kappa shape index (κ3) is 37.7. The fourth-order valence-electron chi connectivity index (χ4n) is 15.8. The SMILES string of the molecule is CCCCCCCCNc1cc(NCCCCCCCC)c(C(=O)N(CCCCCCCC)c2cc(N(CCCCCCCC)C(=O)c3cc(C(=O)N(CCCCCCCC)c4cc(NCCCCCCCC)c(C(=O)OC)cc4C(=O)OC)c(NCCCCCCCC)cc3NCCCCCCCC)c(C(=O)OC)cc2C(=O)OC)cc1C(N)=O. The molecule has 0 unspecified atom stereocenters. The number of hydrogen-bond donors (Lipinski definition) is 6. The monoisotopic (exact) mass is 1680 g/mol. The summed E-state index contributed by atoms with van der Waals surface area (Å²) in [6, 6.07) is 13.0. The standard InChI is InChI=1S/C100H163N9O12/c1-13-21-29-37-45-53-61-102-85-73-86(103-62-54-46-38-30-22-14-2)78(69-77(85)93(101)110)94(111)108(67-59-51-43-35-27-19-7)91-76-92(84(100(117)121-12)72-83(91)99(116)120-11)109(68-60-52-44-36-28-20-8)96(113)80-70-79(87(104-63-55-47-39-31-23-15-3)74-88(80)105-64-56-48-40-32-24-16-4)95(112)107(66-58-50-42-34-26-18-6)90-75-89(106-65-57-49-41-33-25-17-5)81(97(114)118-9)71-82(90)98(115)119-10/h69-76,102-106H,13-68H2,1-12H3,(H2,101,110). The Hall–Kier alpha value is -8.36. The van der Waals surface area contributed by atoms with Gasteiger partial charge in [-0.05, 0) is 99.9 Å². The number of primary amides is 1. The summed E-state index contributed by atoms with van der Waals surface area (Å²) >= 11 is 0. The van der Waals surface area contributed by atoms with E-state index in [1.807, 2.05) is 12.1 Å². The molecule has 21 heteroatoms. The second kappa shape index (κ2) is 64.4. The first-order valence-corrected chi connectivity index (χ1v) is 48.0. The van der Waals surface area contributed by atoms with Gasteiger partial charge in [-0.15, -0.1) is 0 Å². The largest absolute Gasteiger partial charge is 0.465 e. The lowest BCUT2D eigenvalue weighted by Gasteiger charge is -2.31. The normalized spacial score (nSPS) is 11.1. The number of anilines is 8. The summed E-state index contributed by atoms with van der Waals surface area (Å²) in [5, 5.41) is 18.1. The average Bonchev–Trinajstić information content (AvgIpc) is 0.759. The Balaban J connectivity index is 2.32. The molecule has 121 heavy (non-hydrogen) atoms. The van der Waals surface area contributed by atoms with E-state index in [4.69, 9.17) is 24.7 Å². The van der Waals surface area contributed by atoms with Gasteiger partial charge in [0, 0.05) is 75.1 Å². The molecule has 0 aliphatic rings. The van der Waals surface area contributed by atoms with E-state index in [1.54, 1.807) is 34.1 Å². The summed E-state index contributed by atoms with van der Waals surface area (Å²) in [6.07, 6.45) is 46.2.